The van der Waals surface area contributed by atoms with Gasteiger partial charge < -0.3 is 15.5 Å². The summed E-state index contributed by atoms with van der Waals surface area (Å²) in [7, 11) is 0. The maximum Gasteiger partial charge on any atom is 0.237 e. The summed E-state index contributed by atoms with van der Waals surface area (Å²) >= 11 is 0. The van der Waals surface area contributed by atoms with E-state index >= 15 is 0 Å². The van der Waals surface area contributed by atoms with Crippen molar-refractivity contribution in [2.75, 3.05) is 17.2 Å². The number of anilines is 2. The molecule has 0 bridgehead atoms. The smallest absolute Gasteiger partial charge is 0.237 e. The van der Waals surface area contributed by atoms with Crippen LogP contribution in [0.4, 0.5) is 20.2 Å². The van der Waals surface area contributed by atoms with Gasteiger partial charge in [0.1, 0.15) is 23.6 Å². The molecule has 37 heavy (non-hydrogen) atoms. The Balaban J connectivity index is 1.47. The molecular formula is C28H22F2N4O3. The first kappa shape index (κ1) is 24.1. The van der Waals surface area contributed by atoms with Crippen LogP contribution in [0.25, 0.3) is 0 Å². The minimum atomic E-state index is -1.31. The zero-order chi connectivity index (χ0) is 26.2. The fourth-order valence-electron chi connectivity index (χ4n) is 5.18. The van der Waals surface area contributed by atoms with Crippen molar-refractivity contribution in [3.8, 4) is 6.07 Å². The monoisotopic (exact) mass is 500 g/mol. The molecular weight excluding hydrogens is 478 g/mol. The third kappa shape index (κ3) is 4.42. The van der Waals surface area contributed by atoms with Gasteiger partial charge in [0.15, 0.2) is 0 Å². The fourth-order valence-corrected chi connectivity index (χ4v) is 5.18. The third-order valence-electron chi connectivity index (χ3n) is 6.94. The van der Waals surface area contributed by atoms with E-state index in [-0.39, 0.29) is 31.0 Å². The van der Waals surface area contributed by atoms with Crippen LogP contribution in [0.5, 0.6) is 0 Å². The Bertz CT molecular complexity index is 1420. The summed E-state index contributed by atoms with van der Waals surface area (Å²) in [6.45, 7) is -0.0694. The predicted molar refractivity (Wildman–Crippen MR) is 131 cm³/mol. The Labute approximate surface area is 211 Å². The highest BCUT2D eigenvalue weighted by Gasteiger charge is 2.56. The number of carbonyl (C=O) groups excluding carboxylic acids is 3. The van der Waals surface area contributed by atoms with Crippen LogP contribution in [0.1, 0.15) is 17.5 Å². The summed E-state index contributed by atoms with van der Waals surface area (Å²) in [5, 5.41) is 15.2. The standard InChI is InChI=1S/C28H22F2N4O3/c29-18-11-19(30)13-20(12-18)32-25(35)22(10-17-6-2-1-3-7-17)26(36)34-16-28(14-21(34)15-31)23-8-4-5-9-24(23)33-27(28)37/h1-9,11-13,21-22H,10,14,16H2,(H,32,35)(H,33,37)/t21-,22-,28-/m0/s1. The number of halogens is 2. The molecule has 0 aromatic heterocycles. The van der Waals surface area contributed by atoms with E-state index < -0.39 is 40.8 Å². The zero-order valence-corrected chi connectivity index (χ0v) is 19.6. The predicted octanol–water partition coefficient (Wildman–Crippen LogP) is 3.78. The molecule has 1 spiro atoms. The van der Waals surface area contributed by atoms with Crippen LogP contribution in [0.2, 0.25) is 0 Å². The summed E-state index contributed by atoms with van der Waals surface area (Å²) in [5.74, 6) is -4.77. The molecule has 5 rings (SSSR count). The summed E-state index contributed by atoms with van der Waals surface area (Å²) in [4.78, 5) is 41.6. The number of nitriles is 1. The first-order valence-electron chi connectivity index (χ1n) is 11.7. The Morgan fingerprint density at radius 1 is 1.08 bits per heavy atom. The van der Waals surface area contributed by atoms with Crippen LogP contribution in [-0.2, 0) is 26.2 Å². The lowest BCUT2D eigenvalue weighted by molar-refractivity contribution is -0.140. The van der Waals surface area contributed by atoms with Crippen LogP contribution in [0.15, 0.2) is 72.8 Å². The number of amides is 3. The van der Waals surface area contributed by atoms with Gasteiger partial charge in [-0.15, -0.1) is 0 Å². The van der Waals surface area contributed by atoms with Crippen molar-refractivity contribution in [1.82, 2.24) is 4.90 Å². The summed E-state index contributed by atoms with van der Waals surface area (Å²) in [6, 6.07) is 19.7. The fraction of sp³-hybridized carbons (Fsp3) is 0.214. The molecule has 2 N–H and O–H groups in total. The molecule has 2 aliphatic heterocycles. The van der Waals surface area contributed by atoms with Crippen molar-refractivity contribution in [3.05, 3.63) is 95.6 Å². The molecule has 1 fully saturated rings. The van der Waals surface area contributed by atoms with Gasteiger partial charge in [-0.25, -0.2) is 8.78 Å². The average Bonchev–Trinajstić information content (AvgIpc) is 3.40. The van der Waals surface area contributed by atoms with Crippen molar-refractivity contribution in [2.45, 2.75) is 24.3 Å². The van der Waals surface area contributed by atoms with Crippen LogP contribution in [0, 0.1) is 28.9 Å². The molecule has 3 amide bonds. The van der Waals surface area contributed by atoms with Gasteiger partial charge >= 0.3 is 0 Å². The number of likely N-dealkylation sites (tertiary alicyclic amines) is 1. The van der Waals surface area contributed by atoms with E-state index in [0.717, 1.165) is 12.1 Å². The van der Waals surface area contributed by atoms with Crippen molar-refractivity contribution < 1.29 is 23.2 Å². The van der Waals surface area contributed by atoms with E-state index in [9.17, 15) is 28.4 Å². The Hall–Kier alpha value is -4.58. The second kappa shape index (κ2) is 9.47. The second-order valence-corrected chi connectivity index (χ2v) is 9.29. The quantitative estimate of drug-likeness (QED) is 0.521. The number of fused-ring (bicyclic) bond motifs is 2. The van der Waals surface area contributed by atoms with Gasteiger partial charge in [-0.3, -0.25) is 14.4 Å². The lowest BCUT2D eigenvalue weighted by Crippen LogP contribution is -2.46. The third-order valence-corrected chi connectivity index (χ3v) is 6.94. The highest BCUT2D eigenvalue weighted by molar-refractivity contribution is 6.09. The highest BCUT2D eigenvalue weighted by Crippen LogP contribution is 2.46. The van der Waals surface area contributed by atoms with Crippen molar-refractivity contribution in [2.24, 2.45) is 5.92 Å². The summed E-state index contributed by atoms with van der Waals surface area (Å²) in [5.41, 5.74) is 0.784. The number of para-hydroxylation sites is 1. The second-order valence-electron chi connectivity index (χ2n) is 9.29. The van der Waals surface area contributed by atoms with Crippen LogP contribution >= 0.6 is 0 Å². The van der Waals surface area contributed by atoms with Gasteiger partial charge in [-0.2, -0.15) is 5.26 Å². The molecule has 0 unspecified atom stereocenters. The van der Waals surface area contributed by atoms with Crippen LogP contribution in [0.3, 0.4) is 0 Å². The van der Waals surface area contributed by atoms with Gasteiger partial charge in [0.05, 0.1) is 11.5 Å². The molecule has 3 aromatic carbocycles. The van der Waals surface area contributed by atoms with E-state index in [4.69, 9.17) is 0 Å². The topological polar surface area (TPSA) is 102 Å². The molecule has 2 heterocycles. The van der Waals surface area contributed by atoms with Crippen molar-refractivity contribution >= 4 is 29.1 Å². The maximum absolute atomic E-state index is 13.9. The Morgan fingerprint density at radius 3 is 2.46 bits per heavy atom. The molecule has 2 aliphatic rings. The molecule has 3 aromatic rings. The number of rotatable bonds is 5. The number of carbonyl (C=O) groups is 3. The molecule has 0 radical (unpaired) electrons. The largest absolute Gasteiger partial charge is 0.325 e. The summed E-state index contributed by atoms with van der Waals surface area (Å²) in [6.07, 6.45) is 0.0839. The van der Waals surface area contributed by atoms with Crippen molar-refractivity contribution in [3.63, 3.8) is 0 Å². The van der Waals surface area contributed by atoms with Gasteiger partial charge in [0.25, 0.3) is 0 Å². The molecule has 0 aliphatic carbocycles. The number of nitrogens with zero attached hydrogens (tertiary/aromatic N) is 2. The Kier molecular flexibility index (Phi) is 6.17. The van der Waals surface area contributed by atoms with E-state index in [1.165, 1.54) is 4.90 Å². The van der Waals surface area contributed by atoms with Gasteiger partial charge in [-0.05, 0) is 35.7 Å². The normalized spacial score (nSPS) is 20.7. The number of benzene rings is 3. The summed E-state index contributed by atoms with van der Waals surface area (Å²) < 4.78 is 27.4. The SMILES string of the molecule is N#C[C@@H]1C[C@@]2(CN1C(=O)[C@@H](Cc1ccccc1)C(=O)Nc1cc(F)cc(F)c1)C(=O)Nc1ccccc12. The number of hydrogen-bond donors (Lipinski definition) is 2. The minimum Gasteiger partial charge on any atom is -0.325 e. The van der Waals surface area contributed by atoms with E-state index in [1.54, 1.807) is 54.6 Å². The lowest BCUT2D eigenvalue weighted by Gasteiger charge is -2.26. The van der Waals surface area contributed by atoms with E-state index in [1.807, 2.05) is 0 Å². The van der Waals surface area contributed by atoms with Gasteiger partial charge in [-0.1, -0.05) is 48.5 Å². The van der Waals surface area contributed by atoms with E-state index in [2.05, 4.69) is 16.7 Å². The molecule has 7 nitrogen and oxygen atoms in total. The molecule has 9 heteroatoms. The minimum absolute atomic E-state index is 0.00621. The Morgan fingerprint density at radius 2 is 1.76 bits per heavy atom. The number of hydrogen-bond acceptors (Lipinski definition) is 4. The van der Waals surface area contributed by atoms with E-state index in [0.29, 0.717) is 22.9 Å². The first-order valence-corrected chi connectivity index (χ1v) is 11.7. The lowest BCUT2D eigenvalue weighted by atomic mass is 9.80. The first-order chi connectivity index (χ1) is 17.8. The molecule has 1 saturated heterocycles. The van der Waals surface area contributed by atoms with Gasteiger partial charge in [0.2, 0.25) is 17.7 Å². The van der Waals surface area contributed by atoms with Crippen LogP contribution in [-0.4, -0.2) is 35.2 Å². The zero-order valence-electron chi connectivity index (χ0n) is 19.6. The van der Waals surface area contributed by atoms with Crippen LogP contribution < -0.4 is 10.6 Å². The molecule has 3 atom stereocenters. The van der Waals surface area contributed by atoms with Crippen molar-refractivity contribution in [1.29, 1.82) is 5.26 Å². The van der Waals surface area contributed by atoms with Gasteiger partial charge in [0, 0.05) is 30.4 Å². The maximum atomic E-state index is 13.9. The molecule has 0 saturated carbocycles. The number of nitrogens with one attached hydrogen (secondary N) is 2. The highest BCUT2D eigenvalue weighted by atomic mass is 19.1. The molecule has 186 valence electrons. The average molecular weight is 501 g/mol.